The molecular weight excluding hydrogens is 644 g/mol. The zero-order chi connectivity index (χ0) is 35.9. The Hall–Kier alpha value is -3.36. The molecule has 6 unspecified atom stereocenters. The Bertz CT molecular complexity index is 1390. The van der Waals surface area contributed by atoms with Crippen LogP contribution >= 0.6 is 0 Å². The number of likely N-dealkylation sites (N-methyl/N-ethyl adjacent to an activating group) is 1. The molecule has 1 aromatic carbocycles. The molecule has 1 aliphatic carbocycles. The van der Waals surface area contributed by atoms with Crippen LogP contribution in [0, 0.1) is 5.41 Å². The standard InChI is InChI=1S/C37H54N4O9/c1-5-7-11-18-36(19-12-8-6-2)48-30-27-23-37(35(46)39-20-17-28(43)38-21-22-42)32(34(45)47-27)41(50-33(37)31(30)49-36)24-26-14-10-9-13-25(26)15-16-29(44)40(3)4/h9-10,13-16,27,30-33,42H,5-8,11-12,17-24H2,1-4H3,(H,38,43)(H,39,46). The molecule has 3 saturated heterocycles. The van der Waals surface area contributed by atoms with Gasteiger partial charge in [-0.05, 0) is 30.0 Å². The topological polar surface area (TPSA) is 156 Å². The van der Waals surface area contributed by atoms with Gasteiger partial charge in [0.15, 0.2) is 11.8 Å². The van der Waals surface area contributed by atoms with E-state index in [0.717, 1.165) is 49.7 Å². The summed E-state index contributed by atoms with van der Waals surface area (Å²) in [5.74, 6) is -2.35. The molecule has 13 heteroatoms. The Morgan fingerprint density at radius 1 is 1.00 bits per heavy atom. The van der Waals surface area contributed by atoms with Crippen molar-refractivity contribution >= 4 is 29.8 Å². The van der Waals surface area contributed by atoms with Gasteiger partial charge in [-0.2, -0.15) is 5.06 Å². The Kier molecular flexibility index (Phi) is 12.7. The van der Waals surface area contributed by atoms with Crippen molar-refractivity contribution in [3.8, 4) is 0 Å². The van der Waals surface area contributed by atoms with Gasteiger partial charge in [-0.25, -0.2) is 0 Å². The van der Waals surface area contributed by atoms with E-state index in [4.69, 9.17) is 24.2 Å². The number of hydrogen-bond donors (Lipinski definition) is 3. The number of amides is 3. The van der Waals surface area contributed by atoms with E-state index in [1.807, 2.05) is 24.3 Å². The smallest absolute Gasteiger partial charge is 0.327 e. The number of benzene rings is 1. The summed E-state index contributed by atoms with van der Waals surface area (Å²) in [4.78, 5) is 61.3. The second kappa shape index (κ2) is 16.8. The molecule has 3 aliphatic heterocycles. The quantitative estimate of drug-likeness (QED) is 0.118. The van der Waals surface area contributed by atoms with Crippen LogP contribution in [0.1, 0.15) is 89.2 Å². The number of hydroxylamine groups is 2. The van der Waals surface area contributed by atoms with Crippen LogP contribution in [0.4, 0.5) is 0 Å². The number of ether oxygens (including phenoxy) is 3. The number of carbonyl (C=O) groups excluding carboxylic acids is 4. The number of hydrogen-bond acceptors (Lipinski definition) is 10. The Balaban J connectivity index is 1.48. The summed E-state index contributed by atoms with van der Waals surface area (Å²) in [6.07, 6.45) is 7.88. The molecule has 3 amide bonds. The van der Waals surface area contributed by atoms with Crippen LogP contribution < -0.4 is 10.6 Å². The molecule has 276 valence electrons. The summed E-state index contributed by atoms with van der Waals surface area (Å²) in [6, 6.07) is 6.41. The summed E-state index contributed by atoms with van der Waals surface area (Å²) in [6.45, 7) is 4.40. The molecule has 3 N–H and O–H groups in total. The molecule has 1 aromatic rings. The van der Waals surface area contributed by atoms with Gasteiger partial charge in [-0.1, -0.05) is 63.8 Å². The second-order valence-corrected chi connectivity index (χ2v) is 14.1. The molecule has 1 saturated carbocycles. The van der Waals surface area contributed by atoms with Gasteiger partial charge in [0.1, 0.15) is 29.8 Å². The van der Waals surface area contributed by atoms with Crippen molar-refractivity contribution in [2.24, 2.45) is 5.41 Å². The van der Waals surface area contributed by atoms with E-state index in [9.17, 15) is 19.2 Å². The van der Waals surface area contributed by atoms with Crippen molar-refractivity contribution in [3.63, 3.8) is 0 Å². The number of rotatable bonds is 18. The van der Waals surface area contributed by atoms with Crippen molar-refractivity contribution in [1.82, 2.24) is 20.6 Å². The number of aliphatic hydroxyl groups excluding tert-OH is 1. The van der Waals surface area contributed by atoms with Crippen LogP contribution in [0.25, 0.3) is 6.08 Å². The van der Waals surface area contributed by atoms with E-state index in [1.165, 1.54) is 16.0 Å². The van der Waals surface area contributed by atoms with Gasteiger partial charge in [0.2, 0.25) is 17.7 Å². The monoisotopic (exact) mass is 698 g/mol. The summed E-state index contributed by atoms with van der Waals surface area (Å²) in [5, 5.41) is 16.1. The minimum absolute atomic E-state index is 0.00457. The van der Waals surface area contributed by atoms with E-state index in [0.29, 0.717) is 12.8 Å². The Morgan fingerprint density at radius 2 is 1.70 bits per heavy atom. The predicted octanol–water partition coefficient (Wildman–Crippen LogP) is 2.84. The first kappa shape index (κ1) is 37.9. The number of aliphatic hydroxyl groups is 1. The summed E-state index contributed by atoms with van der Waals surface area (Å²) < 4.78 is 19.9. The predicted molar refractivity (Wildman–Crippen MR) is 184 cm³/mol. The van der Waals surface area contributed by atoms with E-state index in [-0.39, 0.29) is 50.9 Å². The molecule has 0 radical (unpaired) electrons. The fraction of sp³-hybridized carbons (Fsp3) is 0.676. The Morgan fingerprint density at radius 3 is 2.38 bits per heavy atom. The first-order valence-electron chi connectivity index (χ1n) is 18.2. The average molecular weight is 699 g/mol. The number of carbonyl (C=O) groups is 4. The largest absolute Gasteiger partial charge is 0.458 e. The average Bonchev–Trinajstić information content (AvgIpc) is 3.65. The third-order valence-electron chi connectivity index (χ3n) is 10.3. The van der Waals surface area contributed by atoms with Crippen LogP contribution in [-0.4, -0.2) is 109 Å². The number of unbranched alkanes of at least 4 members (excludes halogenated alkanes) is 4. The first-order chi connectivity index (χ1) is 24.1. The number of esters is 1. The molecule has 0 aromatic heterocycles. The molecular formula is C37H54N4O9. The SMILES string of the molecule is CCCCCC1(CCCCC)OC2C3CC4(C(=O)NCCC(=O)NCCO)C(ON(Cc5ccccc5C=CC(=O)N(C)C)C4C(=O)O3)C2O1. The zero-order valence-corrected chi connectivity index (χ0v) is 29.9. The van der Waals surface area contributed by atoms with Gasteiger partial charge in [0, 0.05) is 58.9 Å². The van der Waals surface area contributed by atoms with Crippen molar-refractivity contribution in [1.29, 1.82) is 0 Å². The first-order valence-corrected chi connectivity index (χ1v) is 18.2. The van der Waals surface area contributed by atoms with Gasteiger partial charge < -0.3 is 34.9 Å². The highest BCUT2D eigenvalue weighted by molar-refractivity contribution is 5.94. The van der Waals surface area contributed by atoms with Crippen molar-refractivity contribution < 1.29 is 43.3 Å². The van der Waals surface area contributed by atoms with Gasteiger partial charge in [-0.15, -0.1) is 0 Å². The minimum atomic E-state index is -1.37. The van der Waals surface area contributed by atoms with Gasteiger partial charge in [0.25, 0.3) is 0 Å². The van der Waals surface area contributed by atoms with Crippen molar-refractivity contribution in [2.75, 3.05) is 33.8 Å². The summed E-state index contributed by atoms with van der Waals surface area (Å²) in [5.41, 5.74) is 0.175. The van der Waals surface area contributed by atoms with Crippen LogP contribution in [0.2, 0.25) is 0 Å². The van der Waals surface area contributed by atoms with Crippen molar-refractivity contribution in [2.45, 2.75) is 121 Å². The van der Waals surface area contributed by atoms with E-state index < -0.39 is 53.5 Å². The lowest BCUT2D eigenvalue weighted by Gasteiger charge is -2.48. The molecule has 13 nitrogen and oxygen atoms in total. The van der Waals surface area contributed by atoms with Gasteiger partial charge in [0.05, 0.1) is 13.2 Å². The molecule has 5 rings (SSSR count). The number of nitrogens with one attached hydrogen (secondary N) is 2. The molecule has 4 aliphatic rings. The molecule has 3 heterocycles. The van der Waals surface area contributed by atoms with Gasteiger partial charge in [-0.3, -0.25) is 24.0 Å². The van der Waals surface area contributed by atoms with Crippen molar-refractivity contribution in [3.05, 3.63) is 41.5 Å². The fourth-order valence-corrected chi connectivity index (χ4v) is 7.75. The maximum Gasteiger partial charge on any atom is 0.327 e. The molecule has 2 bridgehead atoms. The van der Waals surface area contributed by atoms with Gasteiger partial charge >= 0.3 is 5.97 Å². The highest BCUT2D eigenvalue weighted by Gasteiger charge is 2.76. The van der Waals surface area contributed by atoms with E-state index in [1.54, 1.807) is 20.2 Å². The third-order valence-corrected chi connectivity index (χ3v) is 10.3. The summed E-state index contributed by atoms with van der Waals surface area (Å²) >= 11 is 0. The molecule has 0 spiro atoms. The normalized spacial score (nSPS) is 27.9. The lowest BCUT2D eigenvalue weighted by Crippen LogP contribution is -2.69. The van der Waals surface area contributed by atoms with Crippen LogP contribution in [0.5, 0.6) is 0 Å². The Labute approximate surface area is 294 Å². The van der Waals surface area contributed by atoms with E-state index >= 15 is 0 Å². The summed E-state index contributed by atoms with van der Waals surface area (Å²) in [7, 11) is 3.35. The second-order valence-electron chi connectivity index (χ2n) is 14.1. The molecule has 4 fully saturated rings. The van der Waals surface area contributed by atoms with Crippen LogP contribution in [-0.2, 0) is 44.8 Å². The van der Waals surface area contributed by atoms with Crippen LogP contribution in [0.15, 0.2) is 30.3 Å². The molecule has 50 heavy (non-hydrogen) atoms. The number of nitrogens with zero attached hydrogens (tertiary/aromatic N) is 2. The fourth-order valence-electron chi connectivity index (χ4n) is 7.75. The zero-order valence-electron chi connectivity index (χ0n) is 29.9. The molecule has 6 atom stereocenters. The minimum Gasteiger partial charge on any atom is -0.458 e. The third kappa shape index (κ3) is 7.91. The number of fused-ring (bicyclic) bond motifs is 4. The maximum atomic E-state index is 14.5. The lowest BCUT2D eigenvalue weighted by molar-refractivity contribution is -0.224. The highest BCUT2D eigenvalue weighted by atomic mass is 16.8. The maximum absolute atomic E-state index is 14.5. The highest BCUT2D eigenvalue weighted by Crippen LogP contribution is 2.58. The van der Waals surface area contributed by atoms with E-state index in [2.05, 4.69) is 24.5 Å². The van der Waals surface area contributed by atoms with Crippen LogP contribution in [0.3, 0.4) is 0 Å². The lowest BCUT2D eigenvalue weighted by atomic mass is 9.62.